The minimum absolute atomic E-state index is 0.406. The summed E-state index contributed by atoms with van der Waals surface area (Å²) in [5.41, 5.74) is 9.28. The van der Waals surface area contributed by atoms with E-state index in [1.54, 1.807) is 0 Å². The first-order chi connectivity index (χ1) is 12.1. The SMILES string of the molecule is CCc1ccc(NC(N)=NCc2cccc(OCCN(C)C)c2)cc1. The molecular weight excluding hydrogens is 312 g/mol. The number of aliphatic imine (C=N–C) groups is 1. The summed E-state index contributed by atoms with van der Waals surface area (Å²) in [6.07, 6.45) is 1.02. The second-order valence-electron chi connectivity index (χ2n) is 6.18. The summed E-state index contributed by atoms with van der Waals surface area (Å²) in [4.78, 5) is 6.49. The van der Waals surface area contributed by atoms with Gasteiger partial charge in [0.2, 0.25) is 0 Å². The predicted octanol–water partition coefficient (Wildman–Crippen LogP) is 3.12. The molecule has 0 atom stereocenters. The third kappa shape index (κ3) is 6.85. The maximum Gasteiger partial charge on any atom is 0.193 e. The van der Waals surface area contributed by atoms with Gasteiger partial charge in [0, 0.05) is 12.2 Å². The first-order valence-electron chi connectivity index (χ1n) is 8.59. The van der Waals surface area contributed by atoms with Gasteiger partial charge in [0.1, 0.15) is 12.4 Å². The molecule has 0 unspecified atom stereocenters. The summed E-state index contributed by atoms with van der Waals surface area (Å²) in [7, 11) is 4.06. The fourth-order valence-electron chi connectivity index (χ4n) is 2.27. The van der Waals surface area contributed by atoms with Crippen molar-refractivity contribution in [2.75, 3.05) is 32.6 Å². The number of benzene rings is 2. The van der Waals surface area contributed by atoms with Crippen LogP contribution in [0.4, 0.5) is 5.69 Å². The lowest BCUT2D eigenvalue weighted by atomic mass is 10.1. The molecule has 0 aliphatic heterocycles. The molecule has 2 rings (SSSR count). The molecule has 0 aliphatic carbocycles. The summed E-state index contributed by atoms with van der Waals surface area (Å²) in [5.74, 6) is 1.26. The van der Waals surface area contributed by atoms with Gasteiger partial charge in [-0.15, -0.1) is 0 Å². The van der Waals surface area contributed by atoms with Crippen molar-refractivity contribution in [3.8, 4) is 5.75 Å². The Morgan fingerprint density at radius 3 is 2.56 bits per heavy atom. The maximum absolute atomic E-state index is 5.98. The summed E-state index contributed by atoms with van der Waals surface area (Å²) >= 11 is 0. The Balaban J connectivity index is 1.88. The van der Waals surface area contributed by atoms with Crippen LogP contribution in [0.2, 0.25) is 0 Å². The molecule has 2 aromatic carbocycles. The first-order valence-corrected chi connectivity index (χ1v) is 8.59. The Kier molecular flexibility index (Phi) is 7.29. The monoisotopic (exact) mass is 340 g/mol. The van der Waals surface area contributed by atoms with Gasteiger partial charge in [-0.1, -0.05) is 31.2 Å². The van der Waals surface area contributed by atoms with Crippen LogP contribution in [-0.2, 0) is 13.0 Å². The second kappa shape index (κ2) is 9.69. The van der Waals surface area contributed by atoms with Crippen molar-refractivity contribution in [1.29, 1.82) is 0 Å². The summed E-state index contributed by atoms with van der Waals surface area (Å²) in [5, 5.41) is 3.12. The first kappa shape index (κ1) is 18.8. The third-order valence-electron chi connectivity index (χ3n) is 3.77. The highest BCUT2D eigenvalue weighted by Crippen LogP contribution is 2.14. The lowest BCUT2D eigenvalue weighted by Gasteiger charge is -2.11. The van der Waals surface area contributed by atoms with Gasteiger partial charge in [0.15, 0.2) is 5.96 Å². The lowest BCUT2D eigenvalue weighted by Crippen LogP contribution is -2.22. The van der Waals surface area contributed by atoms with Crippen LogP contribution in [0.3, 0.4) is 0 Å². The molecule has 0 fully saturated rings. The zero-order chi connectivity index (χ0) is 18.1. The van der Waals surface area contributed by atoms with Gasteiger partial charge in [0.05, 0.1) is 6.54 Å². The molecule has 25 heavy (non-hydrogen) atoms. The van der Waals surface area contributed by atoms with Crippen molar-refractivity contribution in [1.82, 2.24) is 4.90 Å². The van der Waals surface area contributed by atoms with Crippen molar-refractivity contribution >= 4 is 11.6 Å². The molecule has 2 aromatic rings. The van der Waals surface area contributed by atoms with E-state index in [1.165, 1.54) is 5.56 Å². The maximum atomic E-state index is 5.98. The summed E-state index contributed by atoms with van der Waals surface area (Å²) in [6, 6.07) is 16.2. The van der Waals surface area contributed by atoms with E-state index >= 15 is 0 Å². The molecule has 0 saturated carbocycles. The number of aryl methyl sites for hydroxylation is 1. The Morgan fingerprint density at radius 1 is 1.12 bits per heavy atom. The fraction of sp³-hybridized carbons (Fsp3) is 0.350. The highest BCUT2D eigenvalue weighted by atomic mass is 16.5. The van der Waals surface area contributed by atoms with Gasteiger partial charge >= 0.3 is 0 Å². The Hall–Kier alpha value is -2.53. The average Bonchev–Trinajstić information content (AvgIpc) is 2.61. The number of guanidine groups is 1. The highest BCUT2D eigenvalue weighted by Gasteiger charge is 1.99. The van der Waals surface area contributed by atoms with Crippen molar-refractivity contribution in [3.05, 3.63) is 59.7 Å². The van der Waals surface area contributed by atoms with Crippen LogP contribution in [-0.4, -0.2) is 38.1 Å². The normalized spacial score (nSPS) is 11.6. The van der Waals surface area contributed by atoms with Crippen LogP contribution in [0.15, 0.2) is 53.5 Å². The van der Waals surface area contributed by atoms with Crippen LogP contribution in [0.5, 0.6) is 5.75 Å². The van der Waals surface area contributed by atoms with Crippen molar-refractivity contribution in [3.63, 3.8) is 0 Å². The molecule has 0 aliphatic rings. The van der Waals surface area contributed by atoms with E-state index in [9.17, 15) is 0 Å². The van der Waals surface area contributed by atoms with Gasteiger partial charge < -0.3 is 20.7 Å². The largest absolute Gasteiger partial charge is 0.492 e. The number of hydrogen-bond donors (Lipinski definition) is 2. The average molecular weight is 340 g/mol. The molecule has 0 amide bonds. The number of anilines is 1. The lowest BCUT2D eigenvalue weighted by molar-refractivity contribution is 0.261. The van der Waals surface area contributed by atoms with E-state index in [1.807, 2.05) is 50.5 Å². The van der Waals surface area contributed by atoms with Crippen LogP contribution in [0.25, 0.3) is 0 Å². The predicted molar refractivity (Wildman–Crippen MR) is 105 cm³/mol. The molecule has 0 radical (unpaired) electrons. The van der Waals surface area contributed by atoms with Crippen molar-refractivity contribution < 1.29 is 4.74 Å². The summed E-state index contributed by atoms with van der Waals surface area (Å²) in [6.45, 7) is 4.20. The van der Waals surface area contributed by atoms with Gasteiger partial charge in [-0.25, -0.2) is 4.99 Å². The molecule has 0 aromatic heterocycles. The molecule has 5 heteroatoms. The Morgan fingerprint density at radius 2 is 1.88 bits per heavy atom. The Labute approximate surface area is 150 Å². The number of nitrogens with two attached hydrogens (primary N) is 1. The van der Waals surface area contributed by atoms with E-state index < -0.39 is 0 Å². The van der Waals surface area contributed by atoms with Crippen LogP contribution < -0.4 is 15.8 Å². The van der Waals surface area contributed by atoms with E-state index in [2.05, 4.69) is 34.3 Å². The summed E-state index contributed by atoms with van der Waals surface area (Å²) < 4.78 is 5.74. The number of rotatable bonds is 8. The van der Waals surface area contributed by atoms with E-state index in [0.29, 0.717) is 19.1 Å². The van der Waals surface area contributed by atoms with Crippen LogP contribution in [0, 0.1) is 0 Å². The quantitative estimate of drug-likeness (QED) is 0.572. The van der Waals surface area contributed by atoms with Gasteiger partial charge in [-0.3, -0.25) is 0 Å². The number of hydrogen-bond acceptors (Lipinski definition) is 3. The van der Waals surface area contributed by atoms with Gasteiger partial charge in [-0.2, -0.15) is 0 Å². The van der Waals surface area contributed by atoms with Gasteiger partial charge in [0.25, 0.3) is 0 Å². The van der Waals surface area contributed by atoms with Crippen molar-refractivity contribution in [2.24, 2.45) is 10.7 Å². The van der Waals surface area contributed by atoms with E-state index in [0.717, 1.165) is 30.0 Å². The smallest absolute Gasteiger partial charge is 0.193 e. The number of likely N-dealkylation sites (N-methyl/N-ethyl adjacent to an activating group) is 1. The molecule has 0 spiro atoms. The molecule has 3 N–H and O–H groups in total. The van der Waals surface area contributed by atoms with Crippen molar-refractivity contribution in [2.45, 2.75) is 19.9 Å². The minimum atomic E-state index is 0.406. The van der Waals surface area contributed by atoms with Gasteiger partial charge in [-0.05, 0) is 55.9 Å². The van der Waals surface area contributed by atoms with Crippen LogP contribution >= 0.6 is 0 Å². The van der Waals surface area contributed by atoms with E-state index in [4.69, 9.17) is 10.5 Å². The number of nitrogens with zero attached hydrogens (tertiary/aromatic N) is 2. The molecule has 0 saturated heterocycles. The van der Waals surface area contributed by atoms with E-state index in [-0.39, 0.29) is 0 Å². The molecule has 134 valence electrons. The topological polar surface area (TPSA) is 62.9 Å². The number of nitrogens with one attached hydrogen (secondary N) is 1. The zero-order valence-corrected chi connectivity index (χ0v) is 15.3. The fourth-order valence-corrected chi connectivity index (χ4v) is 2.27. The molecule has 5 nitrogen and oxygen atoms in total. The highest BCUT2D eigenvalue weighted by molar-refractivity contribution is 5.92. The van der Waals surface area contributed by atoms with Crippen LogP contribution in [0.1, 0.15) is 18.1 Å². The Bertz CT molecular complexity index is 680. The third-order valence-corrected chi connectivity index (χ3v) is 3.77. The molecular formula is C20H28N4O. The molecule has 0 bridgehead atoms. The zero-order valence-electron chi connectivity index (χ0n) is 15.3. The standard InChI is InChI=1S/C20H28N4O/c1-4-16-8-10-18(11-9-16)23-20(21)22-15-17-6-5-7-19(14-17)25-13-12-24(2)3/h5-11,14H,4,12-13,15H2,1-3H3,(H3,21,22,23). The number of ether oxygens (including phenoxy) is 1. The second-order valence-corrected chi connectivity index (χ2v) is 6.18. The molecule has 0 heterocycles. The minimum Gasteiger partial charge on any atom is -0.492 e.